The maximum atomic E-state index is 11.1. The maximum Gasteiger partial charge on any atom is 0.306 e. The summed E-state index contributed by atoms with van der Waals surface area (Å²) in [6.07, 6.45) is 1.41. The van der Waals surface area contributed by atoms with Gasteiger partial charge in [-0.1, -0.05) is 18.2 Å². The number of hydrogen-bond acceptors (Lipinski definition) is 3. The molecule has 0 amide bonds. The van der Waals surface area contributed by atoms with Gasteiger partial charge in [-0.25, -0.2) is 4.68 Å². The van der Waals surface area contributed by atoms with E-state index in [0.29, 0.717) is 0 Å². The van der Waals surface area contributed by atoms with Crippen LogP contribution in [0.25, 0.3) is 5.69 Å². The lowest BCUT2D eigenvalue weighted by atomic mass is 10.2. The summed E-state index contributed by atoms with van der Waals surface area (Å²) in [6, 6.07) is 7.75. The second-order valence-corrected chi connectivity index (χ2v) is 3.82. The first-order valence-electron chi connectivity index (χ1n) is 4.36. The highest BCUT2D eigenvalue weighted by molar-refractivity contribution is 9.10. The Kier molecular flexibility index (Phi) is 2.64. The molecule has 2 aromatic rings. The van der Waals surface area contributed by atoms with E-state index < -0.39 is 0 Å². The van der Waals surface area contributed by atoms with Crippen LogP contribution in [0.3, 0.4) is 0 Å². The van der Waals surface area contributed by atoms with E-state index in [0.717, 1.165) is 11.3 Å². The minimum Gasteiger partial charge on any atom is -0.264 e. The Balaban J connectivity index is 2.60. The first-order chi connectivity index (χ1) is 7.18. The molecule has 0 aliphatic rings. The number of halogens is 1. The molecule has 1 aromatic heterocycles. The Labute approximate surface area is 94.7 Å². The van der Waals surface area contributed by atoms with Gasteiger partial charge >= 0.3 is 5.56 Å². The first kappa shape index (κ1) is 10.0. The van der Waals surface area contributed by atoms with Crippen LogP contribution < -0.4 is 5.56 Å². The molecule has 0 atom stereocenters. The average molecular weight is 266 g/mol. The van der Waals surface area contributed by atoms with Crippen molar-refractivity contribution in [2.75, 3.05) is 0 Å². The molecule has 4 nitrogen and oxygen atoms in total. The Morgan fingerprint density at radius 3 is 2.73 bits per heavy atom. The van der Waals surface area contributed by atoms with Gasteiger partial charge in [0, 0.05) is 0 Å². The van der Waals surface area contributed by atoms with Crippen molar-refractivity contribution in [1.29, 1.82) is 0 Å². The molecular formula is C10H8BrN3O. The lowest BCUT2D eigenvalue weighted by molar-refractivity contribution is 0.773. The fraction of sp³-hybridized carbons (Fsp3) is 0.100. The van der Waals surface area contributed by atoms with Crippen LogP contribution in [0.15, 0.2) is 40.0 Å². The lowest BCUT2D eigenvalue weighted by Gasteiger charge is -2.06. The van der Waals surface area contributed by atoms with Crippen molar-refractivity contribution in [3.63, 3.8) is 0 Å². The number of nitrogens with zero attached hydrogens (tertiary/aromatic N) is 3. The highest BCUT2D eigenvalue weighted by Crippen LogP contribution is 2.11. The van der Waals surface area contributed by atoms with E-state index in [9.17, 15) is 4.79 Å². The summed E-state index contributed by atoms with van der Waals surface area (Å²) in [6.45, 7) is 1.98. The van der Waals surface area contributed by atoms with E-state index in [-0.39, 0.29) is 10.2 Å². The Hall–Kier alpha value is -1.49. The molecule has 0 saturated carbocycles. The van der Waals surface area contributed by atoms with Gasteiger partial charge in [0.05, 0.1) is 5.69 Å². The second kappa shape index (κ2) is 3.94. The molecule has 5 heteroatoms. The zero-order valence-corrected chi connectivity index (χ0v) is 9.60. The molecular weight excluding hydrogens is 258 g/mol. The highest BCUT2D eigenvalue weighted by atomic mass is 79.9. The standard InChI is InChI=1S/C10H8BrN3O/c1-7-4-2-3-5-8(7)14-6-12-10(15)9(11)13-14/h2-6H,1H3. The summed E-state index contributed by atoms with van der Waals surface area (Å²) in [5.41, 5.74) is 1.62. The van der Waals surface area contributed by atoms with Crippen LogP contribution in [-0.2, 0) is 0 Å². The van der Waals surface area contributed by atoms with Gasteiger partial charge in [-0.2, -0.15) is 10.1 Å². The van der Waals surface area contributed by atoms with Crippen molar-refractivity contribution < 1.29 is 0 Å². The average Bonchev–Trinajstić information content (AvgIpc) is 2.23. The summed E-state index contributed by atoms with van der Waals surface area (Å²) in [7, 11) is 0. The third kappa shape index (κ3) is 1.97. The summed E-state index contributed by atoms with van der Waals surface area (Å²) < 4.78 is 1.79. The van der Waals surface area contributed by atoms with Gasteiger partial charge in [0.2, 0.25) is 0 Å². The summed E-state index contributed by atoms with van der Waals surface area (Å²) >= 11 is 3.06. The summed E-state index contributed by atoms with van der Waals surface area (Å²) in [5, 5.41) is 4.06. The zero-order valence-electron chi connectivity index (χ0n) is 8.01. The quantitative estimate of drug-likeness (QED) is 0.789. The van der Waals surface area contributed by atoms with Crippen LogP contribution in [0.5, 0.6) is 0 Å². The number of benzene rings is 1. The van der Waals surface area contributed by atoms with E-state index in [1.807, 2.05) is 31.2 Å². The smallest absolute Gasteiger partial charge is 0.264 e. The molecule has 0 fully saturated rings. The molecule has 0 aliphatic heterocycles. The molecule has 0 spiro atoms. The molecule has 1 heterocycles. The van der Waals surface area contributed by atoms with Crippen LogP contribution in [-0.4, -0.2) is 14.8 Å². The third-order valence-corrected chi connectivity index (χ3v) is 2.52. The van der Waals surface area contributed by atoms with Gasteiger partial charge in [-0.05, 0) is 34.5 Å². The topological polar surface area (TPSA) is 47.8 Å². The molecule has 0 aliphatic carbocycles. The molecule has 0 saturated heterocycles. The summed E-state index contributed by atoms with van der Waals surface area (Å²) in [4.78, 5) is 14.7. The van der Waals surface area contributed by atoms with Crippen molar-refractivity contribution in [2.24, 2.45) is 0 Å². The van der Waals surface area contributed by atoms with Gasteiger partial charge in [-0.3, -0.25) is 4.79 Å². The zero-order chi connectivity index (χ0) is 10.8. The fourth-order valence-corrected chi connectivity index (χ4v) is 1.53. The SMILES string of the molecule is Cc1ccccc1-n1cnc(=O)c(Br)n1. The van der Waals surface area contributed by atoms with E-state index in [1.165, 1.54) is 6.33 Å². The molecule has 0 radical (unpaired) electrons. The van der Waals surface area contributed by atoms with Crippen molar-refractivity contribution in [3.05, 3.63) is 51.1 Å². The van der Waals surface area contributed by atoms with Crippen molar-refractivity contribution in [3.8, 4) is 5.69 Å². The second-order valence-electron chi connectivity index (χ2n) is 3.07. The molecule has 76 valence electrons. The van der Waals surface area contributed by atoms with Crippen LogP contribution in [0, 0.1) is 6.92 Å². The van der Waals surface area contributed by atoms with Gasteiger partial charge in [0.1, 0.15) is 6.33 Å². The first-order valence-corrected chi connectivity index (χ1v) is 5.15. The van der Waals surface area contributed by atoms with Crippen molar-refractivity contribution >= 4 is 15.9 Å². The Bertz CT molecular complexity index is 550. The number of para-hydroxylation sites is 1. The lowest BCUT2D eigenvalue weighted by Crippen LogP contribution is -2.15. The van der Waals surface area contributed by atoms with Gasteiger partial charge in [-0.15, -0.1) is 0 Å². The molecule has 0 unspecified atom stereocenters. The Morgan fingerprint density at radius 1 is 1.33 bits per heavy atom. The maximum absolute atomic E-state index is 11.1. The monoisotopic (exact) mass is 265 g/mol. The van der Waals surface area contributed by atoms with E-state index in [4.69, 9.17) is 0 Å². The van der Waals surface area contributed by atoms with Gasteiger partial charge in [0.25, 0.3) is 0 Å². The van der Waals surface area contributed by atoms with Gasteiger partial charge < -0.3 is 0 Å². The van der Waals surface area contributed by atoms with Gasteiger partial charge in [0.15, 0.2) is 4.60 Å². The van der Waals surface area contributed by atoms with Crippen LogP contribution in [0.4, 0.5) is 0 Å². The molecule has 2 rings (SSSR count). The largest absolute Gasteiger partial charge is 0.306 e. The molecule has 0 N–H and O–H groups in total. The molecule has 0 bridgehead atoms. The van der Waals surface area contributed by atoms with E-state index >= 15 is 0 Å². The number of aryl methyl sites for hydroxylation is 1. The predicted octanol–water partition coefficient (Wildman–Crippen LogP) is 1.70. The predicted molar refractivity (Wildman–Crippen MR) is 60.1 cm³/mol. The third-order valence-electron chi connectivity index (χ3n) is 2.02. The summed E-state index contributed by atoms with van der Waals surface area (Å²) in [5.74, 6) is 0. The number of aromatic nitrogens is 3. The van der Waals surface area contributed by atoms with E-state index in [2.05, 4.69) is 26.0 Å². The fourth-order valence-electron chi connectivity index (χ4n) is 1.26. The van der Waals surface area contributed by atoms with E-state index in [1.54, 1.807) is 4.68 Å². The molecule has 1 aromatic carbocycles. The van der Waals surface area contributed by atoms with Crippen LogP contribution >= 0.6 is 15.9 Å². The van der Waals surface area contributed by atoms with Crippen molar-refractivity contribution in [2.45, 2.75) is 6.92 Å². The minimum absolute atomic E-state index is 0.216. The highest BCUT2D eigenvalue weighted by Gasteiger charge is 2.03. The van der Waals surface area contributed by atoms with Crippen molar-refractivity contribution in [1.82, 2.24) is 14.8 Å². The Morgan fingerprint density at radius 2 is 2.07 bits per heavy atom. The number of hydrogen-bond donors (Lipinski definition) is 0. The normalized spacial score (nSPS) is 10.3. The number of rotatable bonds is 1. The van der Waals surface area contributed by atoms with Crippen LogP contribution in [0.1, 0.15) is 5.56 Å². The van der Waals surface area contributed by atoms with Crippen LogP contribution in [0.2, 0.25) is 0 Å². The minimum atomic E-state index is -0.361. The molecule has 15 heavy (non-hydrogen) atoms.